The Bertz CT molecular complexity index is 465. The number of nitrogens with one attached hydrogen (secondary N) is 1. The summed E-state index contributed by atoms with van der Waals surface area (Å²) >= 11 is 4.63. The second-order valence-corrected chi connectivity index (χ2v) is 5.50. The van der Waals surface area contributed by atoms with Gasteiger partial charge in [-0.3, -0.25) is 9.40 Å². The average molecular weight is 248 g/mol. The first-order chi connectivity index (χ1) is 6.84. The summed E-state index contributed by atoms with van der Waals surface area (Å²) in [4.78, 5) is -0.0651. The minimum absolute atomic E-state index is 0.0651. The summed E-state index contributed by atoms with van der Waals surface area (Å²) in [6, 6.07) is 1.55. The standard InChI is InChI=1S/C7H12N4O2S2/c1-5(7(8)14)15(12,13)10-6-3-4-9-11(6)2/h3-5,10H,1-2H3,(H2,8,14). The molecule has 0 saturated carbocycles. The number of sulfonamides is 1. The van der Waals surface area contributed by atoms with Gasteiger partial charge in [-0.25, -0.2) is 8.42 Å². The maximum atomic E-state index is 11.7. The first-order valence-corrected chi connectivity index (χ1v) is 6.09. The first kappa shape index (κ1) is 11.9. The Morgan fingerprint density at radius 2 is 2.33 bits per heavy atom. The monoisotopic (exact) mass is 248 g/mol. The minimum atomic E-state index is -3.58. The smallest absolute Gasteiger partial charge is 0.243 e. The fourth-order valence-electron chi connectivity index (χ4n) is 0.861. The van der Waals surface area contributed by atoms with Gasteiger partial charge in [0.2, 0.25) is 10.0 Å². The topological polar surface area (TPSA) is 90.0 Å². The summed E-state index contributed by atoms with van der Waals surface area (Å²) in [6.07, 6.45) is 1.49. The van der Waals surface area contributed by atoms with Gasteiger partial charge in [-0.05, 0) is 6.92 Å². The lowest BCUT2D eigenvalue weighted by Gasteiger charge is -2.13. The van der Waals surface area contributed by atoms with Gasteiger partial charge >= 0.3 is 0 Å². The van der Waals surface area contributed by atoms with Crippen molar-refractivity contribution < 1.29 is 8.42 Å². The van der Waals surface area contributed by atoms with Gasteiger partial charge in [0.15, 0.2) is 0 Å². The van der Waals surface area contributed by atoms with Crippen LogP contribution in [-0.4, -0.2) is 28.4 Å². The van der Waals surface area contributed by atoms with Gasteiger partial charge in [0.25, 0.3) is 0 Å². The summed E-state index contributed by atoms with van der Waals surface area (Å²) in [7, 11) is -1.95. The third kappa shape index (κ3) is 2.66. The Hall–Kier alpha value is -1.15. The first-order valence-electron chi connectivity index (χ1n) is 4.13. The van der Waals surface area contributed by atoms with Crippen molar-refractivity contribution in [2.75, 3.05) is 4.72 Å². The largest absolute Gasteiger partial charge is 0.392 e. The Labute approximate surface area is 93.5 Å². The molecule has 1 heterocycles. The van der Waals surface area contributed by atoms with E-state index in [-0.39, 0.29) is 4.99 Å². The molecule has 0 aromatic carbocycles. The molecule has 0 bridgehead atoms. The summed E-state index contributed by atoms with van der Waals surface area (Å²) in [6.45, 7) is 1.43. The van der Waals surface area contributed by atoms with Crippen LogP contribution in [0, 0.1) is 0 Å². The molecule has 1 rings (SSSR count). The van der Waals surface area contributed by atoms with Gasteiger partial charge < -0.3 is 5.73 Å². The van der Waals surface area contributed by atoms with Crippen LogP contribution in [-0.2, 0) is 17.1 Å². The highest BCUT2D eigenvalue weighted by molar-refractivity contribution is 7.95. The summed E-state index contributed by atoms with van der Waals surface area (Å²) in [5.41, 5.74) is 5.28. The molecule has 1 atom stereocenters. The third-order valence-electron chi connectivity index (χ3n) is 1.93. The van der Waals surface area contributed by atoms with Gasteiger partial charge in [-0.1, -0.05) is 12.2 Å². The highest BCUT2D eigenvalue weighted by atomic mass is 32.2. The quantitative estimate of drug-likeness (QED) is 0.722. The normalized spacial score (nSPS) is 13.5. The summed E-state index contributed by atoms with van der Waals surface area (Å²) < 4.78 is 27.1. The van der Waals surface area contributed by atoms with Crippen LogP contribution in [0.3, 0.4) is 0 Å². The van der Waals surface area contributed by atoms with Crippen LogP contribution in [0.4, 0.5) is 5.82 Å². The van der Waals surface area contributed by atoms with E-state index in [1.165, 1.54) is 17.8 Å². The molecule has 0 saturated heterocycles. The van der Waals surface area contributed by atoms with E-state index in [2.05, 4.69) is 22.0 Å². The van der Waals surface area contributed by atoms with Crippen molar-refractivity contribution in [1.82, 2.24) is 9.78 Å². The zero-order valence-electron chi connectivity index (χ0n) is 8.34. The molecule has 1 unspecified atom stereocenters. The lowest BCUT2D eigenvalue weighted by atomic mass is 10.5. The van der Waals surface area contributed by atoms with Crippen LogP contribution in [0.5, 0.6) is 0 Å². The van der Waals surface area contributed by atoms with Gasteiger partial charge in [0.05, 0.1) is 11.2 Å². The van der Waals surface area contributed by atoms with Crippen molar-refractivity contribution in [3.8, 4) is 0 Å². The number of aromatic nitrogens is 2. The van der Waals surface area contributed by atoms with Crippen LogP contribution in [0.2, 0.25) is 0 Å². The predicted octanol–water partition coefficient (Wildman–Crippen LogP) is -0.164. The molecule has 84 valence electrons. The van der Waals surface area contributed by atoms with Crippen LogP contribution in [0.25, 0.3) is 0 Å². The maximum absolute atomic E-state index is 11.7. The highest BCUT2D eigenvalue weighted by Gasteiger charge is 2.23. The third-order valence-corrected chi connectivity index (χ3v) is 4.12. The highest BCUT2D eigenvalue weighted by Crippen LogP contribution is 2.10. The van der Waals surface area contributed by atoms with E-state index in [9.17, 15) is 8.42 Å². The second kappa shape index (κ2) is 4.15. The molecule has 0 amide bonds. The minimum Gasteiger partial charge on any atom is -0.392 e. The van der Waals surface area contributed by atoms with E-state index in [1.54, 1.807) is 13.1 Å². The van der Waals surface area contributed by atoms with Crippen molar-refractivity contribution >= 4 is 33.0 Å². The fourth-order valence-corrected chi connectivity index (χ4v) is 2.22. The van der Waals surface area contributed by atoms with Crippen molar-refractivity contribution in [1.29, 1.82) is 0 Å². The lowest BCUT2D eigenvalue weighted by Crippen LogP contribution is -2.36. The number of rotatable bonds is 4. The Morgan fingerprint density at radius 3 is 2.73 bits per heavy atom. The van der Waals surface area contributed by atoms with E-state index >= 15 is 0 Å². The average Bonchev–Trinajstić information content (AvgIpc) is 2.50. The van der Waals surface area contributed by atoms with Crippen molar-refractivity contribution in [2.24, 2.45) is 12.8 Å². The molecule has 0 aliphatic rings. The van der Waals surface area contributed by atoms with E-state index in [0.717, 1.165) is 0 Å². The number of aryl methyl sites for hydroxylation is 1. The Kier molecular flexibility index (Phi) is 3.30. The number of anilines is 1. The van der Waals surface area contributed by atoms with Gasteiger partial charge in [-0.2, -0.15) is 5.10 Å². The molecule has 0 aliphatic carbocycles. The van der Waals surface area contributed by atoms with E-state index in [0.29, 0.717) is 5.82 Å². The van der Waals surface area contributed by atoms with Crippen molar-refractivity contribution in [3.05, 3.63) is 12.3 Å². The Morgan fingerprint density at radius 1 is 1.73 bits per heavy atom. The van der Waals surface area contributed by atoms with E-state index < -0.39 is 15.3 Å². The molecule has 0 spiro atoms. The zero-order valence-corrected chi connectivity index (χ0v) is 9.97. The van der Waals surface area contributed by atoms with Gasteiger partial charge in [0, 0.05) is 13.1 Å². The second-order valence-electron chi connectivity index (χ2n) is 3.03. The van der Waals surface area contributed by atoms with Crippen LogP contribution >= 0.6 is 12.2 Å². The number of nitrogens with two attached hydrogens (primary N) is 1. The van der Waals surface area contributed by atoms with Crippen LogP contribution in [0.1, 0.15) is 6.92 Å². The lowest BCUT2D eigenvalue weighted by molar-refractivity contribution is 0.597. The number of hydrogen-bond acceptors (Lipinski definition) is 4. The number of thiocarbonyl (C=S) groups is 1. The molecule has 0 radical (unpaired) electrons. The predicted molar refractivity (Wildman–Crippen MR) is 62.0 cm³/mol. The molecule has 1 aromatic heterocycles. The van der Waals surface area contributed by atoms with E-state index in [1.807, 2.05) is 0 Å². The summed E-state index contributed by atoms with van der Waals surface area (Å²) in [5.74, 6) is 0.373. The van der Waals surface area contributed by atoms with Gasteiger partial charge in [0.1, 0.15) is 11.1 Å². The molecular weight excluding hydrogens is 236 g/mol. The molecule has 0 fully saturated rings. The zero-order chi connectivity index (χ0) is 11.6. The summed E-state index contributed by atoms with van der Waals surface area (Å²) in [5, 5.41) is 2.92. The number of nitrogens with zero attached hydrogens (tertiary/aromatic N) is 2. The van der Waals surface area contributed by atoms with Crippen LogP contribution in [0.15, 0.2) is 12.3 Å². The number of hydrogen-bond donors (Lipinski definition) is 2. The molecule has 6 nitrogen and oxygen atoms in total. The SMILES string of the molecule is CC(C(N)=S)S(=O)(=O)Nc1ccnn1C. The fraction of sp³-hybridized carbons (Fsp3) is 0.429. The molecule has 8 heteroatoms. The molecule has 15 heavy (non-hydrogen) atoms. The van der Waals surface area contributed by atoms with Crippen molar-refractivity contribution in [2.45, 2.75) is 12.2 Å². The Balaban J connectivity index is 2.91. The molecule has 1 aromatic rings. The molecule has 3 N–H and O–H groups in total. The van der Waals surface area contributed by atoms with E-state index in [4.69, 9.17) is 5.73 Å². The molecular formula is C7H12N4O2S2. The van der Waals surface area contributed by atoms with Crippen LogP contribution < -0.4 is 10.5 Å². The maximum Gasteiger partial charge on any atom is 0.243 e. The van der Waals surface area contributed by atoms with Gasteiger partial charge in [-0.15, -0.1) is 0 Å². The van der Waals surface area contributed by atoms with Crippen molar-refractivity contribution in [3.63, 3.8) is 0 Å². The molecule has 0 aliphatic heterocycles.